The van der Waals surface area contributed by atoms with Crippen LogP contribution in [0.5, 0.6) is 0 Å². The third-order valence-electron chi connectivity index (χ3n) is 2.78. The zero-order valence-corrected chi connectivity index (χ0v) is 10.9. The lowest BCUT2D eigenvalue weighted by Crippen LogP contribution is -2.19. The van der Waals surface area contributed by atoms with Crippen LogP contribution in [0.15, 0.2) is 30.5 Å². The van der Waals surface area contributed by atoms with E-state index in [2.05, 4.69) is 15.6 Å². The van der Waals surface area contributed by atoms with Gasteiger partial charge in [0, 0.05) is 13.1 Å². The molecular formula is C13H16N4O3. The van der Waals surface area contributed by atoms with E-state index in [4.69, 9.17) is 10.2 Å². The predicted octanol–water partition coefficient (Wildman–Crippen LogP) is 0.258. The van der Waals surface area contributed by atoms with E-state index >= 15 is 0 Å². The molecule has 1 aromatic carbocycles. The van der Waals surface area contributed by atoms with Gasteiger partial charge in [0.1, 0.15) is 0 Å². The van der Waals surface area contributed by atoms with Crippen molar-refractivity contribution in [1.29, 1.82) is 0 Å². The van der Waals surface area contributed by atoms with Crippen molar-refractivity contribution in [1.82, 2.24) is 20.3 Å². The molecule has 0 fully saturated rings. The van der Waals surface area contributed by atoms with Crippen LogP contribution in [-0.4, -0.2) is 37.7 Å². The van der Waals surface area contributed by atoms with Crippen LogP contribution < -0.4 is 5.32 Å². The van der Waals surface area contributed by atoms with Crippen LogP contribution in [-0.2, 0) is 19.7 Å². The normalized spacial score (nSPS) is 10.7. The molecule has 1 heterocycles. The minimum absolute atomic E-state index is 0.0325. The third kappa shape index (κ3) is 3.87. The molecule has 0 saturated carbocycles. The second kappa shape index (κ2) is 6.78. The number of nitrogens with one attached hydrogen (secondary N) is 1. The van der Waals surface area contributed by atoms with Crippen LogP contribution in [0.4, 0.5) is 0 Å². The number of carboxylic acids is 1. The molecule has 0 saturated heterocycles. The number of rotatable bonds is 7. The van der Waals surface area contributed by atoms with Crippen molar-refractivity contribution < 1.29 is 15.0 Å². The summed E-state index contributed by atoms with van der Waals surface area (Å²) < 4.78 is 1.49. The first-order valence-corrected chi connectivity index (χ1v) is 6.22. The molecular weight excluding hydrogens is 260 g/mol. The van der Waals surface area contributed by atoms with Gasteiger partial charge in [-0.3, -0.25) is 4.68 Å². The monoisotopic (exact) mass is 276 g/mol. The summed E-state index contributed by atoms with van der Waals surface area (Å²) >= 11 is 0. The number of carboxylic acid groups (broad SMARTS) is 1. The lowest BCUT2D eigenvalue weighted by molar-refractivity contribution is 0.0690. The molecule has 0 aliphatic carbocycles. The first kappa shape index (κ1) is 14.2. The van der Waals surface area contributed by atoms with E-state index in [1.165, 1.54) is 10.9 Å². The van der Waals surface area contributed by atoms with Crippen molar-refractivity contribution in [2.45, 2.75) is 19.7 Å². The maximum Gasteiger partial charge on any atom is 0.358 e. The number of aliphatic hydroxyl groups excluding tert-OH is 1. The summed E-state index contributed by atoms with van der Waals surface area (Å²) in [6.45, 7) is 1.89. The number of hydrogen-bond acceptors (Lipinski definition) is 5. The Labute approximate surface area is 115 Å². The Morgan fingerprint density at radius 3 is 2.85 bits per heavy atom. The summed E-state index contributed by atoms with van der Waals surface area (Å²) in [7, 11) is 0. The molecule has 0 amide bonds. The van der Waals surface area contributed by atoms with Crippen molar-refractivity contribution in [2.75, 3.05) is 6.54 Å². The molecule has 0 aliphatic heterocycles. The van der Waals surface area contributed by atoms with Crippen LogP contribution in [0.1, 0.15) is 21.6 Å². The quantitative estimate of drug-likeness (QED) is 0.627. The molecule has 7 heteroatoms. The van der Waals surface area contributed by atoms with E-state index in [1.54, 1.807) is 0 Å². The summed E-state index contributed by atoms with van der Waals surface area (Å²) in [5.74, 6) is -1.08. The Morgan fingerprint density at radius 2 is 2.15 bits per heavy atom. The standard InChI is InChI=1S/C13H16N4O3/c18-9-11-3-1-2-10(6-11)7-14-4-5-17-8-12(13(19)20)15-16-17/h1-3,6,8,14,18H,4-5,7,9H2,(H,19,20). The van der Waals surface area contributed by atoms with Crippen molar-refractivity contribution in [3.8, 4) is 0 Å². The van der Waals surface area contributed by atoms with Gasteiger partial charge in [0.2, 0.25) is 0 Å². The highest BCUT2D eigenvalue weighted by atomic mass is 16.4. The summed E-state index contributed by atoms with van der Waals surface area (Å²) in [5.41, 5.74) is 1.91. The fourth-order valence-electron chi connectivity index (χ4n) is 1.77. The molecule has 3 N–H and O–H groups in total. The van der Waals surface area contributed by atoms with Crippen LogP contribution in [0.2, 0.25) is 0 Å². The molecule has 20 heavy (non-hydrogen) atoms. The SMILES string of the molecule is O=C(O)c1cn(CCNCc2cccc(CO)c2)nn1. The van der Waals surface area contributed by atoms with Crippen LogP contribution in [0.25, 0.3) is 0 Å². The Balaban J connectivity index is 1.76. The van der Waals surface area contributed by atoms with Gasteiger partial charge in [0.15, 0.2) is 5.69 Å². The van der Waals surface area contributed by atoms with Gasteiger partial charge in [-0.25, -0.2) is 4.79 Å². The van der Waals surface area contributed by atoms with Crippen molar-refractivity contribution in [2.24, 2.45) is 0 Å². The lowest BCUT2D eigenvalue weighted by atomic mass is 10.1. The van der Waals surface area contributed by atoms with Gasteiger partial charge in [-0.1, -0.05) is 29.5 Å². The Morgan fingerprint density at radius 1 is 1.35 bits per heavy atom. The fourth-order valence-corrected chi connectivity index (χ4v) is 1.77. The number of aromatic carboxylic acids is 1. The van der Waals surface area contributed by atoms with E-state index in [0.717, 1.165) is 11.1 Å². The molecule has 0 spiro atoms. The van der Waals surface area contributed by atoms with Crippen molar-refractivity contribution in [3.05, 3.63) is 47.3 Å². The summed E-state index contributed by atoms with van der Waals surface area (Å²) in [6, 6.07) is 7.68. The number of nitrogens with zero attached hydrogens (tertiary/aromatic N) is 3. The smallest absolute Gasteiger partial charge is 0.358 e. The second-order valence-corrected chi connectivity index (χ2v) is 4.33. The fraction of sp³-hybridized carbons (Fsp3) is 0.308. The van der Waals surface area contributed by atoms with Gasteiger partial charge in [-0.05, 0) is 11.1 Å². The average Bonchev–Trinajstić information content (AvgIpc) is 2.93. The topological polar surface area (TPSA) is 100 Å². The number of carbonyl (C=O) groups is 1. The number of benzene rings is 1. The van der Waals surface area contributed by atoms with E-state index in [0.29, 0.717) is 19.6 Å². The summed E-state index contributed by atoms with van der Waals surface area (Å²) in [6.07, 6.45) is 1.40. The van der Waals surface area contributed by atoms with Gasteiger partial charge in [-0.2, -0.15) is 0 Å². The zero-order valence-electron chi connectivity index (χ0n) is 10.9. The first-order valence-electron chi connectivity index (χ1n) is 6.22. The Kier molecular flexibility index (Phi) is 4.80. The van der Waals surface area contributed by atoms with E-state index in [1.807, 2.05) is 24.3 Å². The maximum atomic E-state index is 10.6. The highest BCUT2D eigenvalue weighted by Gasteiger charge is 2.07. The van der Waals surface area contributed by atoms with Crippen LogP contribution >= 0.6 is 0 Å². The average molecular weight is 276 g/mol. The lowest BCUT2D eigenvalue weighted by Gasteiger charge is -2.06. The van der Waals surface area contributed by atoms with Gasteiger partial charge >= 0.3 is 5.97 Å². The minimum atomic E-state index is -1.08. The summed E-state index contributed by atoms with van der Waals surface area (Å²) in [5, 5.41) is 28.2. The predicted molar refractivity (Wildman–Crippen MR) is 71.1 cm³/mol. The summed E-state index contributed by atoms with van der Waals surface area (Å²) in [4.78, 5) is 10.6. The number of aromatic nitrogens is 3. The van der Waals surface area contributed by atoms with Crippen molar-refractivity contribution >= 4 is 5.97 Å². The van der Waals surface area contributed by atoms with Gasteiger partial charge in [-0.15, -0.1) is 5.10 Å². The molecule has 106 valence electrons. The van der Waals surface area contributed by atoms with Gasteiger partial charge in [0.05, 0.1) is 19.3 Å². The molecule has 0 radical (unpaired) electrons. The molecule has 2 aromatic rings. The zero-order chi connectivity index (χ0) is 14.4. The van der Waals surface area contributed by atoms with E-state index < -0.39 is 5.97 Å². The molecule has 0 aliphatic rings. The number of aliphatic hydroxyl groups is 1. The largest absolute Gasteiger partial charge is 0.476 e. The van der Waals surface area contributed by atoms with Crippen molar-refractivity contribution in [3.63, 3.8) is 0 Å². The Hall–Kier alpha value is -2.25. The van der Waals surface area contributed by atoms with Gasteiger partial charge < -0.3 is 15.5 Å². The first-order chi connectivity index (χ1) is 9.69. The molecule has 1 aromatic heterocycles. The van der Waals surface area contributed by atoms with Crippen LogP contribution in [0.3, 0.4) is 0 Å². The third-order valence-corrected chi connectivity index (χ3v) is 2.78. The highest BCUT2D eigenvalue weighted by molar-refractivity contribution is 5.84. The molecule has 0 unspecified atom stereocenters. The Bertz CT molecular complexity index is 583. The number of hydrogen-bond donors (Lipinski definition) is 3. The van der Waals surface area contributed by atoms with E-state index in [9.17, 15) is 4.79 Å². The maximum absolute atomic E-state index is 10.6. The minimum Gasteiger partial charge on any atom is -0.476 e. The van der Waals surface area contributed by atoms with E-state index in [-0.39, 0.29) is 12.3 Å². The highest BCUT2D eigenvalue weighted by Crippen LogP contribution is 2.04. The second-order valence-electron chi connectivity index (χ2n) is 4.33. The molecule has 0 atom stereocenters. The van der Waals surface area contributed by atoms with Crippen LogP contribution in [0, 0.1) is 0 Å². The molecule has 2 rings (SSSR count). The molecule has 0 bridgehead atoms. The molecule has 7 nitrogen and oxygen atoms in total. The van der Waals surface area contributed by atoms with Gasteiger partial charge in [0.25, 0.3) is 0 Å².